The van der Waals surface area contributed by atoms with Gasteiger partial charge in [-0.2, -0.15) is 0 Å². The van der Waals surface area contributed by atoms with E-state index in [1.54, 1.807) is 0 Å². The van der Waals surface area contributed by atoms with E-state index in [1.165, 1.54) is 21.9 Å². The summed E-state index contributed by atoms with van der Waals surface area (Å²) in [4.78, 5) is 0. The van der Waals surface area contributed by atoms with Gasteiger partial charge in [0.25, 0.3) is 0 Å². The molecule has 0 saturated carbocycles. The Hall–Kier alpha value is -3.94. The Morgan fingerprint density at radius 3 is 1.22 bits per heavy atom. The van der Waals surface area contributed by atoms with E-state index in [0.717, 1.165) is 22.3 Å². The molecule has 0 atom stereocenters. The molecular weight excluding hydrogens is 506 g/mol. The SMILES string of the molecule is [Zn+2].[c-]1c(OCc2ccccc2)ccc2ccccc12.[c-]1c(OCc2ccccc2)ccc2ccccc12. The summed E-state index contributed by atoms with van der Waals surface area (Å²) < 4.78 is 11.5. The standard InChI is InChI=1S/2C17H13O.Zn/c2*1-2-6-14(7-3-1)13-18-17-11-10-15-8-4-5-9-16(15)12-17;/h2*1-11H,13H2;/q2*-1;+2. The fourth-order valence-electron chi connectivity index (χ4n) is 3.83. The third-order valence-electron chi connectivity index (χ3n) is 5.74. The van der Waals surface area contributed by atoms with E-state index in [9.17, 15) is 0 Å². The zero-order chi connectivity index (χ0) is 24.4. The van der Waals surface area contributed by atoms with Crippen molar-refractivity contribution >= 4 is 21.5 Å². The second kappa shape index (κ2) is 13.4. The van der Waals surface area contributed by atoms with Crippen molar-refractivity contribution in [1.29, 1.82) is 0 Å². The van der Waals surface area contributed by atoms with E-state index >= 15 is 0 Å². The number of fused-ring (bicyclic) bond motifs is 2. The Bertz CT molecular complexity index is 1410. The van der Waals surface area contributed by atoms with Crippen LogP contribution in [0.2, 0.25) is 0 Å². The predicted molar refractivity (Wildman–Crippen MR) is 147 cm³/mol. The monoisotopic (exact) mass is 530 g/mol. The summed E-state index contributed by atoms with van der Waals surface area (Å²) in [6, 6.07) is 51.2. The van der Waals surface area contributed by atoms with E-state index in [-0.39, 0.29) is 19.5 Å². The molecule has 3 heteroatoms. The third kappa shape index (κ3) is 7.52. The van der Waals surface area contributed by atoms with Crippen molar-refractivity contribution < 1.29 is 29.0 Å². The van der Waals surface area contributed by atoms with Crippen LogP contribution in [-0.2, 0) is 32.7 Å². The van der Waals surface area contributed by atoms with E-state index in [4.69, 9.17) is 9.47 Å². The first-order valence-corrected chi connectivity index (χ1v) is 12.0. The van der Waals surface area contributed by atoms with Gasteiger partial charge >= 0.3 is 19.5 Å². The van der Waals surface area contributed by atoms with Gasteiger partial charge in [0.15, 0.2) is 0 Å². The van der Waals surface area contributed by atoms with Crippen LogP contribution in [0.5, 0.6) is 11.5 Å². The third-order valence-corrected chi connectivity index (χ3v) is 5.74. The van der Waals surface area contributed by atoms with Crippen LogP contribution in [0.1, 0.15) is 11.1 Å². The molecule has 2 nitrogen and oxygen atoms in total. The zero-order valence-corrected chi connectivity index (χ0v) is 23.6. The van der Waals surface area contributed by atoms with Gasteiger partial charge in [0, 0.05) is 11.5 Å². The molecule has 6 rings (SSSR count). The Morgan fingerprint density at radius 1 is 0.405 bits per heavy atom. The molecule has 0 aliphatic carbocycles. The summed E-state index contributed by atoms with van der Waals surface area (Å²) in [5.74, 6) is 1.58. The zero-order valence-electron chi connectivity index (χ0n) is 20.6. The Labute approximate surface area is 231 Å². The average molecular weight is 532 g/mol. The molecule has 0 spiro atoms. The molecule has 6 aromatic rings. The van der Waals surface area contributed by atoms with Gasteiger partial charge in [0.1, 0.15) is 13.2 Å². The van der Waals surface area contributed by atoms with Crippen LogP contribution in [0.4, 0.5) is 0 Å². The van der Waals surface area contributed by atoms with Gasteiger partial charge in [-0.3, -0.25) is 0 Å². The molecule has 0 saturated heterocycles. The first kappa shape index (κ1) is 26.1. The Balaban J connectivity index is 0.000000168. The van der Waals surface area contributed by atoms with Crippen LogP contribution in [0, 0.1) is 12.1 Å². The fraction of sp³-hybridized carbons (Fsp3) is 0.0588. The molecule has 0 radical (unpaired) electrons. The number of ether oxygens (including phenoxy) is 2. The van der Waals surface area contributed by atoms with Crippen molar-refractivity contribution in [3.63, 3.8) is 0 Å². The summed E-state index contributed by atoms with van der Waals surface area (Å²) in [7, 11) is 0. The van der Waals surface area contributed by atoms with Crippen molar-refractivity contribution in [2.24, 2.45) is 0 Å². The van der Waals surface area contributed by atoms with Crippen molar-refractivity contribution in [1.82, 2.24) is 0 Å². The number of rotatable bonds is 6. The molecule has 0 bridgehead atoms. The van der Waals surface area contributed by atoms with Crippen molar-refractivity contribution in [2.45, 2.75) is 13.2 Å². The molecule has 0 aliphatic rings. The first-order valence-electron chi connectivity index (χ1n) is 12.0. The molecule has 0 fully saturated rings. The van der Waals surface area contributed by atoms with Crippen LogP contribution in [0.25, 0.3) is 21.5 Å². The summed E-state index contributed by atoms with van der Waals surface area (Å²) in [5.41, 5.74) is 2.33. The van der Waals surface area contributed by atoms with E-state index in [0.29, 0.717) is 13.2 Å². The topological polar surface area (TPSA) is 18.5 Å². The minimum atomic E-state index is 0. The van der Waals surface area contributed by atoms with Crippen LogP contribution in [-0.4, -0.2) is 0 Å². The number of benzene rings is 6. The van der Waals surface area contributed by atoms with E-state index in [2.05, 4.69) is 60.7 Å². The average Bonchev–Trinajstić information content (AvgIpc) is 2.96. The minimum absolute atomic E-state index is 0. The fourth-order valence-corrected chi connectivity index (χ4v) is 3.83. The van der Waals surface area contributed by atoms with Gasteiger partial charge in [0.05, 0.1) is 0 Å². The van der Waals surface area contributed by atoms with Gasteiger partial charge in [-0.15, -0.1) is 70.1 Å². The van der Waals surface area contributed by atoms with Gasteiger partial charge in [-0.05, 0) is 11.1 Å². The first-order chi connectivity index (χ1) is 17.8. The number of hydrogen-bond donors (Lipinski definition) is 0. The van der Waals surface area contributed by atoms with Crippen molar-refractivity contribution in [2.75, 3.05) is 0 Å². The molecule has 176 valence electrons. The van der Waals surface area contributed by atoms with Crippen LogP contribution < -0.4 is 9.47 Å². The quantitative estimate of drug-likeness (QED) is 0.159. The van der Waals surface area contributed by atoms with Crippen LogP contribution in [0.15, 0.2) is 133 Å². The summed E-state index contributed by atoms with van der Waals surface area (Å²) in [5, 5.41) is 4.54. The molecule has 0 unspecified atom stereocenters. The van der Waals surface area contributed by atoms with E-state index in [1.807, 2.05) is 84.9 Å². The maximum absolute atomic E-state index is 5.74. The molecule has 0 amide bonds. The van der Waals surface area contributed by atoms with E-state index < -0.39 is 0 Å². The molecule has 0 aromatic heterocycles. The maximum Gasteiger partial charge on any atom is 2.00 e. The minimum Gasteiger partial charge on any atom is -0.508 e. The number of hydrogen-bond acceptors (Lipinski definition) is 2. The normalized spacial score (nSPS) is 10.2. The van der Waals surface area contributed by atoms with Crippen LogP contribution in [0.3, 0.4) is 0 Å². The largest absolute Gasteiger partial charge is 2.00 e. The van der Waals surface area contributed by atoms with Gasteiger partial charge in [-0.1, -0.05) is 97.1 Å². The molecule has 6 aromatic carbocycles. The molecule has 0 N–H and O–H groups in total. The summed E-state index contributed by atoms with van der Waals surface area (Å²) >= 11 is 0. The van der Waals surface area contributed by atoms with Crippen molar-refractivity contribution in [3.05, 3.63) is 157 Å². The molecule has 37 heavy (non-hydrogen) atoms. The second-order valence-corrected chi connectivity index (χ2v) is 8.37. The maximum atomic E-state index is 5.74. The summed E-state index contributed by atoms with van der Waals surface area (Å²) in [6.45, 7) is 1.16. The van der Waals surface area contributed by atoms with Crippen LogP contribution >= 0.6 is 0 Å². The molecular formula is C34H26O2Zn. The van der Waals surface area contributed by atoms with Gasteiger partial charge in [-0.25, -0.2) is 0 Å². The second-order valence-electron chi connectivity index (χ2n) is 8.37. The Morgan fingerprint density at radius 2 is 0.784 bits per heavy atom. The Kier molecular flexibility index (Phi) is 9.46. The smallest absolute Gasteiger partial charge is 0.508 e. The van der Waals surface area contributed by atoms with Crippen molar-refractivity contribution in [3.8, 4) is 11.5 Å². The predicted octanol–water partition coefficient (Wildman–Crippen LogP) is 8.44. The molecule has 0 aliphatic heterocycles. The van der Waals surface area contributed by atoms with Gasteiger partial charge in [0.2, 0.25) is 0 Å². The summed E-state index contributed by atoms with van der Waals surface area (Å²) in [6.07, 6.45) is 0. The molecule has 0 heterocycles. The van der Waals surface area contributed by atoms with Gasteiger partial charge < -0.3 is 9.47 Å².